The van der Waals surface area contributed by atoms with Gasteiger partial charge in [0.2, 0.25) is 5.91 Å². The average Bonchev–Trinajstić information content (AvgIpc) is 3.17. The lowest BCUT2D eigenvalue weighted by molar-refractivity contribution is -0.137. The second-order valence-corrected chi connectivity index (χ2v) is 6.62. The van der Waals surface area contributed by atoms with Crippen LogP contribution in [-0.4, -0.2) is 37.7 Å². The Morgan fingerprint density at radius 3 is 2.37 bits per heavy atom. The molecule has 9 heteroatoms. The van der Waals surface area contributed by atoms with Gasteiger partial charge in [0.25, 0.3) is 5.91 Å². The molecule has 0 spiro atoms. The summed E-state index contributed by atoms with van der Waals surface area (Å²) in [5.74, 6) is -1.31. The third kappa shape index (κ3) is 4.98. The first kappa shape index (κ1) is 19.6. The van der Waals surface area contributed by atoms with Gasteiger partial charge in [-0.3, -0.25) is 9.59 Å². The molecule has 1 aromatic carbocycles. The Kier molecular flexibility index (Phi) is 6.01. The van der Waals surface area contributed by atoms with Crippen LogP contribution < -0.4 is 10.6 Å². The van der Waals surface area contributed by atoms with Gasteiger partial charge in [0.1, 0.15) is 6.10 Å². The molecule has 2 aliphatic rings. The Balaban J connectivity index is 1.75. The molecule has 2 amide bonds. The van der Waals surface area contributed by atoms with E-state index in [1.165, 1.54) is 6.07 Å². The molecule has 2 saturated heterocycles. The zero-order valence-electron chi connectivity index (χ0n) is 14.6. The monoisotopic (exact) mass is 386 g/mol. The molecular weight excluding hydrogens is 365 g/mol. The number of nitrogens with one attached hydrogen (secondary N) is 2. The quantitative estimate of drug-likeness (QED) is 0.833. The van der Waals surface area contributed by atoms with Crippen molar-refractivity contribution in [2.45, 2.75) is 38.0 Å². The molecule has 1 aromatic rings. The topological polar surface area (TPSA) is 76.7 Å². The van der Waals surface area contributed by atoms with E-state index in [1.54, 1.807) is 0 Å². The number of hydrogen-bond acceptors (Lipinski definition) is 4. The summed E-state index contributed by atoms with van der Waals surface area (Å²) >= 11 is 0. The number of carbonyl (C=O) groups excluding carboxylic acids is 2. The van der Waals surface area contributed by atoms with Crippen molar-refractivity contribution in [3.8, 4) is 0 Å². The zero-order chi connectivity index (χ0) is 19.4. The second kappa shape index (κ2) is 8.26. The number of hydrogen-bond donors (Lipinski definition) is 2. The standard InChI is InChI=1S/C18H21F3N2O4/c19-18(20,21)13-10-12(22-17(25)15-2-1-7-27-15)3-4-14(13)23-16(24)11-5-8-26-9-6-11/h3-4,10-11,15H,1-2,5-9H2,(H,22,25)(H,23,24). The smallest absolute Gasteiger partial charge is 0.381 e. The van der Waals surface area contributed by atoms with Gasteiger partial charge < -0.3 is 20.1 Å². The molecule has 1 unspecified atom stereocenters. The van der Waals surface area contributed by atoms with Crippen molar-refractivity contribution in [1.82, 2.24) is 0 Å². The summed E-state index contributed by atoms with van der Waals surface area (Å²) in [5, 5.41) is 4.82. The van der Waals surface area contributed by atoms with Gasteiger partial charge in [-0.25, -0.2) is 0 Å². The Hall–Kier alpha value is -2.13. The SMILES string of the molecule is O=C(Nc1ccc(NC(=O)C2CCCO2)cc1C(F)(F)F)C1CCOCC1. The molecule has 3 rings (SSSR count). The number of ether oxygens (including phenoxy) is 2. The van der Waals surface area contributed by atoms with Crippen molar-refractivity contribution in [2.75, 3.05) is 30.5 Å². The van der Waals surface area contributed by atoms with E-state index in [9.17, 15) is 22.8 Å². The highest BCUT2D eigenvalue weighted by molar-refractivity contribution is 5.96. The van der Waals surface area contributed by atoms with Crippen LogP contribution in [0.25, 0.3) is 0 Å². The summed E-state index contributed by atoms with van der Waals surface area (Å²) in [6.07, 6.45) is -3.10. The highest BCUT2D eigenvalue weighted by Gasteiger charge is 2.35. The zero-order valence-corrected chi connectivity index (χ0v) is 14.6. The number of carbonyl (C=O) groups is 2. The van der Waals surface area contributed by atoms with E-state index >= 15 is 0 Å². The normalized spacial score (nSPS) is 21.1. The molecule has 1 atom stereocenters. The lowest BCUT2D eigenvalue weighted by Gasteiger charge is -2.22. The van der Waals surface area contributed by atoms with Gasteiger partial charge in [0.05, 0.1) is 11.3 Å². The van der Waals surface area contributed by atoms with Crippen LogP contribution in [0.2, 0.25) is 0 Å². The molecule has 6 nitrogen and oxygen atoms in total. The number of alkyl halides is 3. The Bertz CT molecular complexity index is 696. The van der Waals surface area contributed by atoms with Crippen molar-refractivity contribution < 1.29 is 32.2 Å². The highest BCUT2D eigenvalue weighted by atomic mass is 19.4. The number of anilines is 2. The summed E-state index contributed by atoms with van der Waals surface area (Å²) in [6, 6.07) is 3.32. The van der Waals surface area contributed by atoms with Gasteiger partial charge in [-0.1, -0.05) is 0 Å². The summed E-state index contributed by atoms with van der Waals surface area (Å²) in [5.41, 5.74) is -1.32. The Labute approximate surface area is 154 Å². The van der Waals surface area contributed by atoms with Gasteiger partial charge >= 0.3 is 6.18 Å². The molecule has 0 radical (unpaired) electrons. The molecule has 0 aliphatic carbocycles. The van der Waals surface area contributed by atoms with Crippen LogP contribution in [0.5, 0.6) is 0 Å². The molecule has 2 heterocycles. The van der Waals surface area contributed by atoms with Crippen LogP contribution in [0.1, 0.15) is 31.2 Å². The summed E-state index contributed by atoms with van der Waals surface area (Å²) in [4.78, 5) is 24.3. The van der Waals surface area contributed by atoms with Crippen molar-refractivity contribution >= 4 is 23.2 Å². The number of rotatable bonds is 4. The van der Waals surface area contributed by atoms with Crippen molar-refractivity contribution in [2.24, 2.45) is 5.92 Å². The summed E-state index contributed by atoms with van der Waals surface area (Å²) < 4.78 is 50.7. The third-order valence-electron chi connectivity index (χ3n) is 4.66. The predicted molar refractivity (Wildman–Crippen MR) is 91.2 cm³/mol. The van der Waals surface area contributed by atoms with Crippen molar-refractivity contribution in [1.29, 1.82) is 0 Å². The van der Waals surface area contributed by atoms with Gasteiger partial charge in [-0.05, 0) is 43.9 Å². The minimum Gasteiger partial charge on any atom is -0.381 e. The first-order valence-corrected chi connectivity index (χ1v) is 8.87. The van der Waals surface area contributed by atoms with Gasteiger partial charge in [0, 0.05) is 31.4 Å². The third-order valence-corrected chi connectivity index (χ3v) is 4.66. The average molecular weight is 386 g/mol. The molecule has 2 aliphatic heterocycles. The molecule has 0 bridgehead atoms. The molecule has 0 aromatic heterocycles. The van der Waals surface area contributed by atoms with E-state index < -0.39 is 29.7 Å². The number of amides is 2. The van der Waals surface area contributed by atoms with Crippen molar-refractivity contribution in [3.63, 3.8) is 0 Å². The Morgan fingerprint density at radius 1 is 1.00 bits per heavy atom. The van der Waals surface area contributed by atoms with Crippen molar-refractivity contribution in [3.05, 3.63) is 23.8 Å². The fourth-order valence-corrected chi connectivity index (χ4v) is 3.17. The molecule has 2 fully saturated rings. The lowest BCUT2D eigenvalue weighted by atomic mass is 9.99. The van der Waals surface area contributed by atoms with E-state index in [0.29, 0.717) is 39.1 Å². The minimum absolute atomic E-state index is 0.00638. The lowest BCUT2D eigenvalue weighted by Crippen LogP contribution is -2.29. The highest BCUT2D eigenvalue weighted by Crippen LogP contribution is 2.37. The number of benzene rings is 1. The van der Waals surface area contributed by atoms with Crippen LogP contribution in [0, 0.1) is 5.92 Å². The van der Waals surface area contributed by atoms with Gasteiger partial charge in [-0.2, -0.15) is 13.2 Å². The van der Waals surface area contributed by atoms with Crippen LogP contribution in [0.4, 0.5) is 24.5 Å². The van der Waals surface area contributed by atoms with Crippen LogP contribution in [-0.2, 0) is 25.2 Å². The molecule has 2 N–H and O–H groups in total. The molecule has 0 saturated carbocycles. The van der Waals surface area contributed by atoms with Crippen LogP contribution in [0.15, 0.2) is 18.2 Å². The molecule has 148 valence electrons. The van der Waals surface area contributed by atoms with E-state index in [4.69, 9.17) is 9.47 Å². The fourth-order valence-electron chi connectivity index (χ4n) is 3.17. The molecule has 27 heavy (non-hydrogen) atoms. The Morgan fingerprint density at radius 2 is 1.74 bits per heavy atom. The van der Waals surface area contributed by atoms with E-state index in [2.05, 4.69) is 10.6 Å². The van der Waals surface area contributed by atoms with Gasteiger partial charge in [-0.15, -0.1) is 0 Å². The van der Waals surface area contributed by atoms with E-state index in [-0.39, 0.29) is 17.3 Å². The summed E-state index contributed by atoms with van der Waals surface area (Å²) in [6.45, 7) is 1.29. The van der Waals surface area contributed by atoms with Gasteiger partial charge in [0.15, 0.2) is 0 Å². The van der Waals surface area contributed by atoms with E-state index in [0.717, 1.165) is 18.6 Å². The first-order chi connectivity index (χ1) is 12.8. The predicted octanol–water partition coefficient (Wildman–Crippen LogP) is 3.19. The molecular formula is C18H21F3N2O4. The minimum atomic E-state index is -4.68. The number of halogens is 3. The maximum atomic E-state index is 13.5. The maximum Gasteiger partial charge on any atom is 0.418 e. The maximum absolute atomic E-state index is 13.5. The summed E-state index contributed by atoms with van der Waals surface area (Å²) in [7, 11) is 0. The van der Waals surface area contributed by atoms with Crippen LogP contribution in [0.3, 0.4) is 0 Å². The largest absolute Gasteiger partial charge is 0.418 e. The first-order valence-electron chi connectivity index (χ1n) is 8.87. The fraction of sp³-hybridized carbons (Fsp3) is 0.556. The van der Waals surface area contributed by atoms with E-state index in [1.807, 2.05) is 0 Å². The second-order valence-electron chi connectivity index (χ2n) is 6.62. The van der Waals surface area contributed by atoms with Crippen LogP contribution >= 0.6 is 0 Å².